The van der Waals surface area contributed by atoms with Crippen molar-refractivity contribution in [3.05, 3.63) is 42.5 Å². The molecule has 0 bridgehead atoms. The number of para-hydroxylation sites is 1. The first-order valence-corrected chi connectivity index (χ1v) is 10.3. The highest BCUT2D eigenvalue weighted by molar-refractivity contribution is 7.78. The quantitative estimate of drug-likeness (QED) is 0.326. The van der Waals surface area contributed by atoms with Gasteiger partial charge in [-0.25, -0.2) is 9.52 Å². The molecule has 1 N–H and O–H groups in total. The van der Waals surface area contributed by atoms with E-state index in [2.05, 4.69) is 50.5 Å². The van der Waals surface area contributed by atoms with E-state index in [1.165, 1.54) is 0 Å². The van der Waals surface area contributed by atoms with Crippen LogP contribution in [0, 0.1) is 29.6 Å². The molecule has 6 atom stereocenters. The van der Waals surface area contributed by atoms with Crippen molar-refractivity contribution in [2.75, 3.05) is 0 Å². The molecule has 3 rings (SSSR count). The molecule has 26 heavy (non-hydrogen) atoms. The molecule has 4 heteroatoms. The molecule has 2 aliphatic carbocycles. The Morgan fingerprint density at radius 3 is 2.35 bits per heavy atom. The molecule has 0 amide bonds. The number of nitrogens with one attached hydrogen (secondary N) is 1. The van der Waals surface area contributed by atoms with Crippen LogP contribution in [-0.4, -0.2) is 11.5 Å². The Balaban J connectivity index is 0.00000117. The first-order valence-electron chi connectivity index (χ1n) is 9.86. The summed E-state index contributed by atoms with van der Waals surface area (Å²) in [4.78, 5) is 13.0. The van der Waals surface area contributed by atoms with E-state index in [-0.39, 0.29) is 11.9 Å². The van der Waals surface area contributed by atoms with Gasteiger partial charge in [0.05, 0.1) is 0 Å². The van der Waals surface area contributed by atoms with Gasteiger partial charge in [0.1, 0.15) is 11.3 Å². The van der Waals surface area contributed by atoms with E-state index in [0.29, 0.717) is 29.4 Å². The molecule has 0 heterocycles. The number of benzene rings is 1. The highest BCUT2D eigenvalue weighted by Crippen LogP contribution is 2.50. The lowest BCUT2D eigenvalue weighted by Gasteiger charge is -2.52. The topological polar surface area (TPSA) is 38.3 Å². The molecule has 0 spiro atoms. The van der Waals surface area contributed by atoms with Crippen LogP contribution in [0.4, 0.5) is 0 Å². The van der Waals surface area contributed by atoms with E-state index in [9.17, 15) is 4.79 Å². The molecular formula is C22H33NO2S. The van der Waals surface area contributed by atoms with Gasteiger partial charge < -0.3 is 4.74 Å². The maximum Gasteiger partial charge on any atom is 0.332 e. The maximum absolute atomic E-state index is 13.0. The van der Waals surface area contributed by atoms with Crippen LogP contribution in [0.1, 0.15) is 47.5 Å². The normalized spacial score (nSPS) is 35.7. The summed E-state index contributed by atoms with van der Waals surface area (Å²) in [7, 11) is 0. The zero-order chi connectivity index (χ0) is 19.3. The largest absolute Gasteiger partial charge is 0.425 e. The van der Waals surface area contributed by atoms with Gasteiger partial charge in [-0.1, -0.05) is 77.8 Å². The van der Waals surface area contributed by atoms with Crippen molar-refractivity contribution < 1.29 is 9.53 Å². The number of carbonyl (C=O) groups excluding carboxylic acids is 1. The van der Waals surface area contributed by atoms with Crippen LogP contribution in [0.2, 0.25) is 0 Å². The fourth-order valence-corrected chi connectivity index (χ4v) is 5.18. The predicted molar refractivity (Wildman–Crippen MR) is 111 cm³/mol. The molecule has 0 radical (unpaired) electrons. The molecule has 0 aromatic heterocycles. The van der Waals surface area contributed by atoms with Crippen LogP contribution < -0.4 is 9.46 Å². The van der Waals surface area contributed by atoms with E-state index >= 15 is 0 Å². The Hall–Kier alpha value is -1.26. The predicted octanol–water partition coefficient (Wildman–Crippen LogP) is 5.30. The molecule has 1 fully saturated rings. The Morgan fingerprint density at radius 1 is 1.12 bits per heavy atom. The van der Waals surface area contributed by atoms with Crippen molar-refractivity contribution in [1.29, 1.82) is 0 Å². The fourth-order valence-electron chi connectivity index (χ4n) is 4.77. The average Bonchev–Trinajstić information content (AvgIpc) is 2.67. The van der Waals surface area contributed by atoms with Gasteiger partial charge in [-0.15, -0.1) is 0 Å². The number of fused-ring (bicyclic) bond motifs is 1. The van der Waals surface area contributed by atoms with Gasteiger partial charge in [-0.05, 0) is 54.6 Å². The smallest absolute Gasteiger partial charge is 0.332 e. The summed E-state index contributed by atoms with van der Waals surface area (Å²) in [6, 6.07) is 9.29. The SMILES string of the molecule is CC.CC1C=CC(C)C2C1CCC(NS)(C(=O)Oc1ccccc1)C2C. The second-order valence-electron chi connectivity index (χ2n) is 7.46. The number of hydrogen-bond acceptors (Lipinski definition) is 4. The van der Waals surface area contributed by atoms with E-state index in [1.807, 2.05) is 44.2 Å². The minimum absolute atomic E-state index is 0.160. The molecule has 3 nitrogen and oxygen atoms in total. The Morgan fingerprint density at radius 2 is 1.73 bits per heavy atom. The summed E-state index contributed by atoms with van der Waals surface area (Å²) in [5.41, 5.74) is -0.737. The zero-order valence-corrected chi connectivity index (χ0v) is 17.5. The summed E-state index contributed by atoms with van der Waals surface area (Å²) in [5, 5.41) is 0. The Kier molecular flexibility index (Phi) is 7.36. The highest BCUT2D eigenvalue weighted by Gasteiger charge is 2.54. The second-order valence-corrected chi connectivity index (χ2v) is 7.68. The van der Waals surface area contributed by atoms with E-state index in [4.69, 9.17) is 4.74 Å². The van der Waals surface area contributed by atoms with Crippen molar-refractivity contribution in [2.24, 2.45) is 29.6 Å². The number of hydrogen-bond donors (Lipinski definition) is 2. The number of allylic oxidation sites excluding steroid dienone is 2. The lowest BCUT2D eigenvalue weighted by atomic mass is 9.55. The number of carbonyl (C=O) groups is 1. The first kappa shape index (κ1) is 21.0. The molecular weight excluding hydrogens is 342 g/mol. The van der Waals surface area contributed by atoms with Crippen LogP contribution >= 0.6 is 12.8 Å². The van der Waals surface area contributed by atoms with Crippen molar-refractivity contribution in [3.63, 3.8) is 0 Å². The molecule has 1 saturated carbocycles. The summed E-state index contributed by atoms with van der Waals surface area (Å²) >= 11 is 4.35. The van der Waals surface area contributed by atoms with Crippen molar-refractivity contribution in [3.8, 4) is 5.75 Å². The van der Waals surface area contributed by atoms with Gasteiger partial charge in [0, 0.05) is 0 Å². The standard InChI is InChI=1S/C20H27NO2S.C2H6/c1-13-9-10-14(2)18-15(3)20(21-24,12-11-17(13)18)19(22)23-16-7-5-4-6-8-16;1-2/h4-10,13-15,17-18,21,24H,11-12H2,1-3H3;1-2H3. The monoisotopic (exact) mass is 375 g/mol. The van der Waals surface area contributed by atoms with Crippen LogP contribution in [-0.2, 0) is 4.79 Å². The van der Waals surface area contributed by atoms with Crippen molar-refractivity contribution in [1.82, 2.24) is 4.72 Å². The third-order valence-electron chi connectivity index (χ3n) is 6.24. The third kappa shape index (κ3) is 3.86. The maximum atomic E-state index is 13.0. The third-order valence-corrected chi connectivity index (χ3v) is 6.64. The highest BCUT2D eigenvalue weighted by atomic mass is 32.1. The molecule has 2 aliphatic rings. The molecule has 6 unspecified atom stereocenters. The minimum atomic E-state index is -0.737. The van der Waals surface area contributed by atoms with Gasteiger partial charge in [-0.2, -0.15) is 0 Å². The van der Waals surface area contributed by atoms with E-state index < -0.39 is 5.54 Å². The Labute approximate surface area is 164 Å². The molecule has 0 aliphatic heterocycles. The van der Waals surface area contributed by atoms with Crippen LogP contribution in [0.3, 0.4) is 0 Å². The van der Waals surface area contributed by atoms with Crippen LogP contribution in [0.5, 0.6) is 5.75 Å². The minimum Gasteiger partial charge on any atom is -0.425 e. The summed E-state index contributed by atoms with van der Waals surface area (Å²) in [6.07, 6.45) is 6.42. The van der Waals surface area contributed by atoms with Gasteiger partial charge in [0.25, 0.3) is 0 Å². The Bertz CT molecular complexity index is 618. The number of thiol groups is 1. The summed E-state index contributed by atoms with van der Waals surface area (Å²) in [5.74, 6) is 2.64. The zero-order valence-electron chi connectivity index (χ0n) is 16.6. The van der Waals surface area contributed by atoms with Gasteiger partial charge in [0.2, 0.25) is 0 Å². The van der Waals surface area contributed by atoms with Gasteiger partial charge in [-0.3, -0.25) is 0 Å². The van der Waals surface area contributed by atoms with Crippen molar-refractivity contribution >= 4 is 18.8 Å². The van der Waals surface area contributed by atoms with E-state index in [1.54, 1.807) is 0 Å². The molecule has 144 valence electrons. The number of rotatable bonds is 3. The molecule has 1 aromatic carbocycles. The van der Waals surface area contributed by atoms with Gasteiger partial charge in [0.15, 0.2) is 0 Å². The summed E-state index contributed by atoms with van der Waals surface area (Å²) in [6.45, 7) is 10.7. The van der Waals surface area contributed by atoms with Crippen LogP contribution in [0.25, 0.3) is 0 Å². The lowest BCUT2D eigenvalue weighted by molar-refractivity contribution is -0.148. The second kappa shape index (κ2) is 9.09. The lowest BCUT2D eigenvalue weighted by Crippen LogP contribution is -2.62. The van der Waals surface area contributed by atoms with Crippen molar-refractivity contribution in [2.45, 2.75) is 53.0 Å². The first-order chi connectivity index (χ1) is 12.5. The number of esters is 1. The molecule has 0 saturated heterocycles. The van der Waals surface area contributed by atoms with E-state index in [0.717, 1.165) is 12.8 Å². The fraction of sp³-hybridized carbons (Fsp3) is 0.591. The molecule has 1 aromatic rings. The number of ether oxygens (including phenoxy) is 1. The summed E-state index contributed by atoms with van der Waals surface area (Å²) < 4.78 is 8.74. The average molecular weight is 376 g/mol. The van der Waals surface area contributed by atoms with Gasteiger partial charge >= 0.3 is 5.97 Å². The van der Waals surface area contributed by atoms with Crippen LogP contribution in [0.15, 0.2) is 42.5 Å².